The maximum atomic E-state index is 12.6. The van der Waals surface area contributed by atoms with Gasteiger partial charge in [-0.25, -0.2) is 9.78 Å². The maximum Gasteiger partial charge on any atom is 0.411 e. The summed E-state index contributed by atoms with van der Waals surface area (Å²) in [6.45, 7) is 5.65. The highest BCUT2D eigenvalue weighted by Gasteiger charge is 2.45. The molecule has 1 saturated heterocycles. The molecule has 1 aromatic rings. The van der Waals surface area contributed by atoms with Crippen LogP contribution in [0.3, 0.4) is 0 Å². The van der Waals surface area contributed by atoms with Crippen LogP contribution in [0.25, 0.3) is 5.57 Å². The molecule has 0 aliphatic carbocycles. The van der Waals surface area contributed by atoms with Gasteiger partial charge in [-0.2, -0.15) is 0 Å². The van der Waals surface area contributed by atoms with Crippen molar-refractivity contribution in [2.24, 2.45) is 0 Å². The molecule has 1 fully saturated rings. The first-order valence-electron chi connectivity index (χ1n) is 8.72. The summed E-state index contributed by atoms with van der Waals surface area (Å²) in [7, 11) is 1.58. The van der Waals surface area contributed by atoms with Crippen molar-refractivity contribution in [1.82, 2.24) is 9.88 Å². The summed E-state index contributed by atoms with van der Waals surface area (Å²) in [4.78, 5) is 18.9. The number of ether oxygens (including phenoxy) is 2. The van der Waals surface area contributed by atoms with Gasteiger partial charge in [0, 0.05) is 24.7 Å². The number of aliphatic hydroxyl groups excluding tert-OH is 1. The second-order valence-electron chi connectivity index (χ2n) is 7.49. The van der Waals surface area contributed by atoms with Crippen molar-refractivity contribution in [3.63, 3.8) is 0 Å². The van der Waals surface area contributed by atoms with Gasteiger partial charge in [0.1, 0.15) is 5.60 Å². The van der Waals surface area contributed by atoms with Crippen LogP contribution in [0.15, 0.2) is 18.2 Å². The summed E-state index contributed by atoms with van der Waals surface area (Å²) >= 11 is 0. The van der Waals surface area contributed by atoms with E-state index in [1.54, 1.807) is 7.11 Å². The molecule has 0 radical (unpaired) electrons. The zero-order valence-corrected chi connectivity index (χ0v) is 15.3. The highest BCUT2D eigenvalue weighted by molar-refractivity contribution is 5.82. The zero-order chi connectivity index (χ0) is 18.2. The molecule has 0 saturated carbocycles. The van der Waals surface area contributed by atoms with E-state index < -0.39 is 5.60 Å². The molecule has 1 aromatic heterocycles. The van der Waals surface area contributed by atoms with E-state index in [1.165, 1.54) is 0 Å². The zero-order valence-electron chi connectivity index (χ0n) is 15.3. The molecule has 0 aromatic carbocycles. The number of aromatic nitrogens is 1. The van der Waals surface area contributed by atoms with Crippen LogP contribution in [-0.2, 0) is 11.2 Å². The Hall–Kier alpha value is -2.08. The van der Waals surface area contributed by atoms with Gasteiger partial charge in [0.05, 0.1) is 24.9 Å². The molecule has 1 N–H and O–H groups in total. The number of nitrogens with zero attached hydrogens (tertiary/aromatic N) is 2. The van der Waals surface area contributed by atoms with E-state index in [2.05, 4.69) is 11.1 Å². The normalized spacial score (nSPS) is 22.1. The summed E-state index contributed by atoms with van der Waals surface area (Å²) in [6, 6.07) is 3.86. The molecule has 0 spiro atoms. The van der Waals surface area contributed by atoms with Crippen molar-refractivity contribution >= 4 is 11.7 Å². The van der Waals surface area contributed by atoms with Crippen LogP contribution in [0, 0.1) is 0 Å². The van der Waals surface area contributed by atoms with Gasteiger partial charge in [-0.1, -0.05) is 6.08 Å². The third kappa shape index (κ3) is 3.49. The van der Waals surface area contributed by atoms with E-state index in [4.69, 9.17) is 9.47 Å². The van der Waals surface area contributed by atoms with E-state index in [0.717, 1.165) is 29.7 Å². The number of carbonyl (C=O) groups excluding carboxylic acids is 1. The van der Waals surface area contributed by atoms with Crippen molar-refractivity contribution in [1.29, 1.82) is 0 Å². The van der Waals surface area contributed by atoms with Crippen LogP contribution in [0.4, 0.5) is 4.79 Å². The van der Waals surface area contributed by atoms with Crippen molar-refractivity contribution in [2.45, 2.75) is 57.7 Å². The van der Waals surface area contributed by atoms with Gasteiger partial charge >= 0.3 is 6.09 Å². The molecule has 6 heteroatoms. The number of carbonyl (C=O) groups is 1. The number of rotatable bonds is 4. The summed E-state index contributed by atoms with van der Waals surface area (Å²) < 4.78 is 10.8. The number of hydrogen-bond donors (Lipinski definition) is 1. The Kier molecular flexibility index (Phi) is 4.73. The Morgan fingerprint density at radius 1 is 1.36 bits per heavy atom. The van der Waals surface area contributed by atoms with E-state index in [0.29, 0.717) is 12.3 Å². The predicted molar refractivity (Wildman–Crippen MR) is 94.4 cm³/mol. The van der Waals surface area contributed by atoms with Gasteiger partial charge in [0.25, 0.3) is 0 Å². The van der Waals surface area contributed by atoms with Crippen LogP contribution >= 0.6 is 0 Å². The first-order valence-corrected chi connectivity index (χ1v) is 8.72. The summed E-state index contributed by atoms with van der Waals surface area (Å²) in [5.74, 6) is 0.528. The Labute approximate surface area is 148 Å². The molecule has 6 nitrogen and oxygen atoms in total. The molecule has 2 bridgehead atoms. The number of fused-ring (bicyclic) bond motifs is 2. The summed E-state index contributed by atoms with van der Waals surface area (Å²) in [5, 5.41) is 9.37. The smallest absolute Gasteiger partial charge is 0.411 e. The lowest BCUT2D eigenvalue weighted by molar-refractivity contribution is 0.0235. The van der Waals surface area contributed by atoms with Gasteiger partial charge < -0.3 is 14.6 Å². The van der Waals surface area contributed by atoms with Gasteiger partial charge in [-0.15, -0.1) is 0 Å². The van der Waals surface area contributed by atoms with E-state index in [-0.39, 0.29) is 24.8 Å². The Balaban J connectivity index is 1.88. The number of methoxy groups -OCH3 is 1. The minimum Gasteiger partial charge on any atom is -0.481 e. The topological polar surface area (TPSA) is 71.9 Å². The quantitative estimate of drug-likeness (QED) is 0.908. The molecule has 2 aliphatic heterocycles. The van der Waals surface area contributed by atoms with Crippen LogP contribution in [-0.4, -0.2) is 52.5 Å². The fourth-order valence-corrected chi connectivity index (χ4v) is 3.63. The van der Waals surface area contributed by atoms with Gasteiger partial charge in [0.2, 0.25) is 5.88 Å². The first-order chi connectivity index (χ1) is 11.8. The predicted octanol–water partition coefficient (Wildman–Crippen LogP) is 2.79. The van der Waals surface area contributed by atoms with Crippen LogP contribution < -0.4 is 4.74 Å². The van der Waals surface area contributed by atoms with Crippen LogP contribution in [0.1, 0.15) is 44.9 Å². The molecule has 1 amide bonds. The lowest BCUT2D eigenvalue weighted by Crippen LogP contribution is -2.40. The molecule has 2 aliphatic rings. The monoisotopic (exact) mass is 346 g/mol. The van der Waals surface area contributed by atoms with Crippen molar-refractivity contribution in [3.05, 3.63) is 29.5 Å². The molecular weight excluding hydrogens is 320 g/mol. The fraction of sp³-hybridized carbons (Fsp3) is 0.579. The average molecular weight is 346 g/mol. The largest absolute Gasteiger partial charge is 0.481 e. The molecule has 0 unspecified atom stereocenters. The van der Waals surface area contributed by atoms with Crippen LogP contribution in [0.2, 0.25) is 0 Å². The average Bonchev–Trinajstić information content (AvgIpc) is 3.11. The van der Waals surface area contributed by atoms with E-state index >= 15 is 0 Å². The second-order valence-corrected chi connectivity index (χ2v) is 7.49. The summed E-state index contributed by atoms with van der Waals surface area (Å²) in [6.07, 6.45) is 4.19. The minimum absolute atomic E-state index is 0.00693. The van der Waals surface area contributed by atoms with E-state index in [9.17, 15) is 9.90 Å². The van der Waals surface area contributed by atoms with Crippen molar-refractivity contribution in [2.75, 3.05) is 13.7 Å². The number of amides is 1. The highest BCUT2D eigenvalue weighted by atomic mass is 16.6. The summed E-state index contributed by atoms with van der Waals surface area (Å²) in [5.41, 5.74) is 2.37. The standard InChI is InChI=1S/C19H26N2O4/c1-19(2,3)25-18(23)21-12-5-7-16(21)14(11-12)13-6-8-17(24-4)20-15(13)9-10-22/h6,8,11-12,16,22H,5,7,9-10H2,1-4H3/t12-,16+/m0/s1. The minimum atomic E-state index is -0.511. The second kappa shape index (κ2) is 6.67. The molecule has 25 heavy (non-hydrogen) atoms. The maximum absolute atomic E-state index is 12.6. The Bertz CT molecular complexity index is 693. The lowest BCUT2D eigenvalue weighted by atomic mass is 9.91. The molecule has 3 heterocycles. The molecular formula is C19H26N2O4. The highest BCUT2D eigenvalue weighted by Crippen LogP contribution is 2.43. The Morgan fingerprint density at radius 2 is 2.12 bits per heavy atom. The van der Waals surface area contributed by atoms with E-state index in [1.807, 2.05) is 37.8 Å². The van der Waals surface area contributed by atoms with Crippen molar-refractivity contribution < 1.29 is 19.4 Å². The Morgan fingerprint density at radius 3 is 2.76 bits per heavy atom. The SMILES string of the molecule is COc1ccc(C2=C[C@@H]3CC[C@H]2N3C(=O)OC(C)(C)C)c(CCO)n1. The number of hydrogen-bond acceptors (Lipinski definition) is 5. The van der Waals surface area contributed by atoms with Gasteiger partial charge in [0.15, 0.2) is 0 Å². The van der Waals surface area contributed by atoms with Crippen molar-refractivity contribution in [3.8, 4) is 5.88 Å². The molecule has 3 rings (SSSR count). The lowest BCUT2D eigenvalue weighted by Gasteiger charge is -2.28. The van der Waals surface area contributed by atoms with Gasteiger partial charge in [-0.3, -0.25) is 4.90 Å². The van der Waals surface area contributed by atoms with Crippen LogP contribution in [0.5, 0.6) is 5.88 Å². The number of pyridine rings is 1. The number of aliphatic hydroxyl groups is 1. The third-order valence-electron chi connectivity index (χ3n) is 4.58. The first kappa shape index (κ1) is 17.7. The molecule has 2 atom stereocenters. The third-order valence-corrected chi connectivity index (χ3v) is 4.58. The fourth-order valence-electron chi connectivity index (χ4n) is 3.63. The molecule has 136 valence electrons. The van der Waals surface area contributed by atoms with Gasteiger partial charge in [-0.05, 0) is 45.3 Å².